The molecule has 116 valence electrons. The van der Waals surface area contributed by atoms with Gasteiger partial charge in [0, 0.05) is 23.4 Å². The van der Waals surface area contributed by atoms with Crippen molar-refractivity contribution in [1.29, 1.82) is 0 Å². The Labute approximate surface area is 135 Å². The molecule has 0 amide bonds. The molecular weight excluding hydrogens is 274 g/mol. The molecule has 1 nitrogen and oxygen atoms in total. The molecule has 0 spiro atoms. The van der Waals surface area contributed by atoms with Crippen molar-refractivity contribution in [1.82, 2.24) is 4.31 Å². The Balaban J connectivity index is 2.45. The molecule has 0 aliphatic carbocycles. The van der Waals surface area contributed by atoms with Crippen molar-refractivity contribution in [2.24, 2.45) is 5.92 Å². The Morgan fingerprint density at radius 2 is 2.05 bits per heavy atom. The Hall–Kier alpha value is -0.910. The lowest BCUT2D eigenvalue weighted by atomic mass is 10.1. The molecule has 0 saturated heterocycles. The van der Waals surface area contributed by atoms with Gasteiger partial charge in [-0.1, -0.05) is 45.1 Å². The third kappa shape index (κ3) is 8.86. The number of unbranched alkanes of at least 4 members (excludes halogenated alkanes) is 2. The molecule has 0 fully saturated rings. The molecule has 0 atom stereocenters. The first-order valence-corrected chi connectivity index (χ1v) is 8.87. The zero-order valence-corrected chi connectivity index (χ0v) is 14.8. The molecule has 0 aliphatic heterocycles. The first-order chi connectivity index (χ1) is 10.1. The van der Waals surface area contributed by atoms with Gasteiger partial charge in [-0.3, -0.25) is 0 Å². The molecule has 0 bridgehead atoms. The smallest absolute Gasteiger partial charge is 0.0256 e. The first kappa shape index (κ1) is 18.1. The summed E-state index contributed by atoms with van der Waals surface area (Å²) < 4.78 is 2.33. The topological polar surface area (TPSA) is 3.24 Å². The molecule has 0 aromatic heterocycles. The second kappa shape index (κ2) is 10.8. The average Bonchev–Trinajstić information content (AvgIpc) is 2.43. The molecule has 1 rings (SSSR count). The normalized spacial score (nSPS) is 10.8. The van der Waals surface area contributed by atoms with Crippen LogP contribution in [0, 0.1) is 17.8 Å². The zero-order chi connectivity index (χ0) is 15.5. The van der Waals surface area contributed by atoms with Crippen LogP contribution in [-0.4, -0.2) is 17.9 Å². The monoisotopic (exact) mass is 303 g/mol. The maximum absolute atomic E-state index is 3.27. The summed E-state index contributed by atoms with van der Waals surface area (Å²) in [4.78, 5) is 1.28. The molecule has 1 aromatic rings. The van der Waals surface area contributed by atoms with Gasteiger partial charge >= 0.3 is 0 Å². The van der Waals surface area contributed by atoms with Crippen molar-refractivity contribution in [3.8, 4) is 11.8 Å². The van der Waals surface area contributed by atoms with Gasteiger partial charge in [-0.05, 0) is 62.4 Å². The summed E-state index contributed by atoms with van der Waals surface area (Å²) in [6.07, 6.45) is 5.97. The van der Waals surface area contributed by atoms with E-state index in [1.807, 2.05) is 11.9 Å². The minimum Gasteiger partial charge on any atom is -0.249 e. The van der Waals surface area contributed by atoms with Crippen LogP contribution >= 0.6 is 11.9 Å². The van der Waals surface area contributed by atoms with Crippen LogP contribution in [0.2, 0.25) is 0 Å². The maximum Gasteiger partial charge on any atom is 0.0256 e. The highest BCUT2D eigenvalue weighted by atomic mass is 32.2. The lowest BCUT2D eigenvalue weighted by Crippen LogP contribution is -2.11. The van der Waals surface area contributed by atoms with Gasteiger partial charge in [0.25, 0.3) is 0 Å². The average molecular weight is 304 g/mol. The van der Waals surface area contributed by atoms with E-state index in [1.54, 1.807) is 0 Å². The van der Waals surface area contributed by atoms with Crippen LogP contribution in [0.25, 0.3) is 0 Å². The predicted molar refractivity (Wildman–Crippen MR) is 95.4 cm³/mol. The standard InChI is InChI=1S/C19H29NS/c1-5-6-7-8-12-18-13-9-14-19(16-18)21-20(4)15-10-11-17(2)3/h9,13-14,16-17H,5-7,10-11,15H2,1-4H3. The van der Waals surface area contributed by atoms with Crippen LogP contribution in [-0.2, 0) is 0 Å². The molecule has 1 aromatic carbocycles. The Kier molecular flexibility index (Phi) is 9.30. The largest absolute Gasteiger partial charge is 0.249 e. The second-order valence-electron chi connectivity index (χ2n) is 5.91. The van der Waals surface area contributed by atoms with Gasteiger partial charge in [-0.15, -0.1) is 0 Å². The molecule has 0 aliphatic rings. The Morgan fingerprint density at radius 1 is 1.24 bits per heavy atom. The van der Waals surface area contributed by atoms with E-state index in [0.29, 0.717) is 0 Å². The van der Waals surface area contributed by atoms with Gasteiger partial charge in [0.05, 0.1) is 0 Å². The molecule has 2 heteroatoms. The minimum atomic E-state index is 0.796. The highest BCUT2D eigenvalue weighted by Crippen LogP contribution is 2.22. The lowest BCUT2D eigenvalue weighted by molar-refractivity contribution is 0.477. The SMILES string of the molecule is CCCCC#Cc1cccc(SN(C)CCCC(C)C)c1. The summed E-state index contributed by atoms with van der Waals surface area (Å²) in [6, 6.07) is 8.57. The number of hydrogen-bond donors (Lipinski definition) is 0. The van der Waals surface area contributed by atoms with E-state index in [4.69, 9.17) is 0 Å². The summed E-state index contributed by atoms with van der Waals surface area (Å²) in [5.41, 5.74) is 1.13. The van der Waals surface area contributed by atoms with Gasteiger partial charge in [0.15, 0.2) is 0 Å². The quantitative estimate of drug-likeness (QED) is 0.349. The fourth-order valence-corrected chi connectivity index (χ4v) is 2.91. The fraction of sp³-hybridized carbons (Fsp3) is 0.579. The molecule has 0 N–H and O–H groups in total. The summed E-state index contributed by atoms with van der Waals surface area (Å²) in [5.74, 6) is 7.32. The van der Waals surface area contributed by atoms with Crippen molar-refractivity contribution in [3.63, 3.8) is 0 Å². The van der Waals surface area contributed by atoms with Crippen LogP contribution in [0.4, 0.5) is 0 Å². The van der Waals surface area contributed by atoms with Crippen molar-refractivity contribution in [2.45, 2.75) is 57.8 Å². The van der Waals surface area contributed by atoms with Crippen LogP contribution in [0.3, 0.4) is 0 Å². The number of benzene rings is 1. The summed E-state index contributed by atoms with van der Waals surface area (Å²) in [5, 5.41) is 0. The summed E-state index contributed by atoms with van der Waals surface area (Å²) >= 11 is 1.82. The van der Waals surface area contributed by atoms with E-state index >= 15 is 0 Å². The third-order valence-corrected chi connectivity index (χ3v) is 4.20. The van der Waals surface area contributed by atoms with Gasteiger partial charge in [0.2, 0.25) is 0 Å². The zero-order valence-electron chi connectivity index (χ0n) is 14.0. The Bertz CT molecular complexity index is 456. The second-order valence-corrected chi connectivity index (χ2v) is 7.19. The van der Waals surface area contributed by atoms with Gasteiger partial charge in [-0.25, -0.2) is 4.31 Å². The first-order valence-electron chi connectivity index (χ1n) is 8.10. The van der Waals surface area contributed by atoms with Crippen molar-refractivity contribution in [2.75, 3.05) is 13.6 Å². The molecule has 0 radical (unpaired) electrons. The lowest BCUT2D eigenvalue weighted by Gasteiger charge is -2.16. The van der Waals surface area contributed by atoms with Crippen molar-refractivity contribution in [3.05, 3.63) is 29.8 Å². The maximum atomic E-state index is 3.27. The fourth-order valence-electron chi connectivity index (χ4n) is 2.01. The van der Waals surface area contributed by atoms with Crippen LogP contribution < -0.4 is 0 Å². The summed E-state index contributed by atoms with van der Waals surface area (Å²) in [7, 11) is 2.17. The molecule has 0 saturated carbocycles. The van der Waals surface area contributed by atoms with Crippen LogP contribution in [0.5, 0.6) is 0 Å². The van der Waals surface area contributed by atoms with E-state index in [0.717, 1.165) is 24.4 Å². The third-order valence-electron chi connectivity index (χ3n) is 3.24. The van der Waals surface area contributed by atoms with Crippen molar-refractivity contribution < 1.29 is 0 Å². The van der Waals surface area contributed by atoms with Crippen molar-refractivity contribution >= 4 is 11.9 Å². The van der Waals surface area contributed by atoms with Crippen LogP contribution in [0.1, 0.15) is 58.4 Å². The van der Waals surface area contributed by atoms with Gasteiger partial charge in [0.1, 0.15) is 0 Å². The summed E-state index contributed by atoms with van der Waals surface area (Å²) in [6.45, 7) is 7.91. The van der Waals surface area contributed by atoms with E-state index in [1.165, 1.54) is 30.6 Å². The van der Waals surface area contributed by atoms with E-state index in [9.17, 15) is 0 Å². The molecule has 0 heterocycles. The highest BCUT2D eigenvalue weighted by molar-refractivity contribution is 7.97. The predicted octanol–water partition coefficient (Wildman–Crippen LogP) is 5.60. The van der Waals surface area contributed by atoms with E-state index in [-0.39, 0.29) is 0 Å². The molecular formula is C19H29NS. The number of hydrogen-bond acceptors (Lipinski definition) is 2. The van der Waals surface area contributed by atoms with Gasteiger partial charge < -0.3 is 0 Å². The van der Waals surface area contributed by atoms with Gasteiger partial charge in [-0.2, -0.15) is 0 Å². The highest BCUT2D eigenvalue weighted by Gasteiger charge is 2.03. The number of nitrogens with zero attached hydrogens (tertiary/aromatic N) is 1. The van der Waals surface area contributed by atoms with Crippen LogP contribution in [0.15, 0.2) is 29.2 Å². The Morgan fingerprint density at radius 3 is 2.76 bits per heavy atom. The van der Waals surface area contributed by atoms with E-state index < -0.39 is 0 Å². The number of rotatable bonds is 8. The van der Waals surface area contributed by atoms with E-state index in [2.05, 4.69) is 68.2 Å². The minimum absolute atomic E-state index is 0.796. The molecule has 21 heavy (non-hydrogen) atoms. The molecule has 0 unspecified atom stereocenters.